The van der Waals surface area contributed by atoms with Gasteiger partial charge in [-0.05, 0) is 47.0 Å². The van der Waals surface area contributed by atoms with Crippen molar-refractivity contribution in [2.75, 3.05) is 0 Å². The largest absolute Gasteiger partial charge is 0.444 e. The number of alkyl carbamates (subject to hydrolysis) is 1. The summed E-state index contributed by atoms with van der Waals surface area (Å²) in [5, 5.41) is 2.87. The predicted octanol–water partition coefficient (Wildman–Crippen LogP) is 2.95. The van der Waals surface area contributed by atoms with Gasteiger partial charge in [0, 0.05) is 11.6 Å². The Kier molecular flexibility index (Phi) is 5.02. The van der Waals surface area contributed by atoms with Gasteiger partial charge in [0.2, 0.25) is 0 Å². The highest BCUT2D eigenvalue weighted by molar-refractivity contribution is 5.68. The van der Waals surface area contributed by atoms with Gasteiger partial charge in [-0.3, -0.25) is 0 Å². The van der Waals surface area contributed by atoms with E-state index in [1.165, 1.54) is 19.3 Å². The van der Waals surface area contributed by atoms with Crippen molar-refractivity contribution in [1.29, 1.82) is 0 Å². The maximum atomic E-state index is 11.6. The number of amides is 1. The Morgan fingerprint density at radius 2 is 1.89 bits per heavy atom. The van der Waals surface area contributed by atoms with Crippen LogP contribution in [0.4, 0.5) is 4.79 Å². The van der Waals surface area contributed by atoms with Crippen molar-refractivity contribution < 1.29 is 9.53 Å². The van der Waals surface area contributed by atoms with Gasteiger partial charge in [-0.1, -0.05) is 19.3 Å². The van der Waals surface area contributed by atoms with E-state index in [0.29, 0.717) is 0 Å². The summed E-state index contributed by atoms with van der Waals surface area (Å²) in [4.78, 5) is 11.6. The van der Waals surface area contributed by atoms with Gasteiger partial charge < -0.3 is 15.8 Å². The number of carbonyl (C=O) groups excluding carboxylic acids is 1. The van der Waals surface area contributed by atoms with Crippen LogP contribution in [0.2, 0.25) is 0 Å². The van der Waals surface area contributed by atoms with Gasteiger partial charge in [-0.25, -0.2) is 4.79 Å². The van der Waals surface area contributed by atoms with Crippen LogP contribution in [0, 0.1) is 0 Å². The SMILES string of the molecule is CC(CC1(N)CCCCC1)NC(=O)OC(C)(C)C. The summed E-state index contributed by atoms with van der Waals surface area (Å²) < 4.78 is 5.24. The van der Waals surface area contributed by atoms with Gasteiger partial charge >= 0.3 is 6.09 Å². The van der Waals surface area contributed by atoms with Crippen molar-refractivity contribution in [1.82, 2.24) is 5.32 Å². The Labute approximate surface area is 111 Å². The molecule has 1 atom stereocenters. The third kappa shape index (κ3) is 5.71. The average Bonchev–Trinajstić information content (AvgIpc) is 2.13. The molecule has 1 fully saturated rings. The highest BCUT2D eigenvalue weighted by atomic mass is 16.6. The molecule has 0 aromatic heterocycles. The topological polar surface area (TPSA) is 64.3 Å². The van der Waals surface area contributed by atoms with E-state index < -0.39 is 5.60 Å². The Hall–Kier alpha value is -0.770. The first-order chi connectivity index (χ1) is 8.20. The summed E-state index contributed by atoms with van der Waals surface area (Å²) in [6.45, 7) is 7.58. The lowest BCUT2D eigenvalue weighted by molar-refractivity contribution is 0.0498. The second-order valence-electron chi connectivity index (χ2n) is 6.67. The Balaban J connectivity index is 2.36. The summed E-state index contributed by atoms with van der Waals surface area (Å²) >= 11 is 0. The van der Waals surface area contributed by atoms with E-state index in [9.17, 15) is 4.79 Å². The molecule has 4 nitrogen and oxygen atoms in total. The van der Waals surface area contributed by atoms with Crippen LogP contribution in [-0.2, 0) is 4.74 Å². The minimum Gasteiger partial charge on any atom is -0.444 e. The molecule has 1 saturated carbocycles. The summed E-state index contributed by atoms with van der Waals surface area (Å²) in [5.41, 5.74) is 5.82. The number of nitrogens with one attached hydrogen (secondary N) is 1. The third-order valence-corrected chi connectivity index (χ3v) is 3.33. The zero-order valence-electron chi connectivity index (χ0n) is 12.2. The number of rotatable bonds is 3. The van der Waals surface area contributed by atoms with Crippen molar-refractivity contribution >= 4 is 6.09 Å². The molecular weight excluding hydrogens is 228 g/mol. The summed E-state index contributed by atoms with van der Waals surface area (Å²) in [7, 11) is 0. The Morgan fingerprint density at radius 1 is 1.33 bits per heavy atom. The lowest BCUT2D eigenvalue weighted by Crippen LogP contribution is -2.48. The van der Waals surface area contributed by atoms with Gasteiger partial charge in [0.05, 0.1) is 0 Å². The molecular formula is C14H28N2O2. The van der Waals surface area contributed by atoms with Crippen molar-refractivity contribution in [3.05, 3.63) is 0 Å². The molecule has 0 aromatic carbocycles. The fraction of sp³-hybridized carbons (Fsp3) is 0.929. The highest BCUT2D eigenvalue weighted by Gasteiger charge is 2.30. The first kappa shape index (κ1) is 15.3. The van der Waals surface area contributed by atoms with Crippen LogP contribution in [0.5, 0.6) is 0 Å². The van der Waals surface area contributed by atoms with E-state index in [2.05, 4.69) is 5.32 Å². The molecule has 0 bridgehead atoms. The quantitative estimate of drug-likeness (QED) is 0.816. The normalized spacial score (nSPS) is 21.2. The first-order valence-electron chi connectivity index (χ1n) is 6.99. The van der Waals surface area contributed by atoms with E-state index in [1.54, 1.807) is 0 Å². The van der Waals surface area contributed by atoms with Crippen LogP contribution in [0.25, 0.3) is 0 Å². The smallest absolute Gasteiger partial charge is 0.407 e. The Bertz CT molecular complexity index is 278. The van der Waals surface area contributed by atoms with Crippen molar-refractivity contribution in [2.45, 2.75) is 83.4 Å². The van der Waals surface area contributed by atoms with Gasteiger partial charge in [-0.2, -0.15) is 0 Å². The number of hydrogen-bond donors (Lipinski definition) is 2. The number of carbonyl (C=O) groups is 1. The van der Waals surface area contributed by atoms with Crippen LogP contribution in [0.3, 0.4) is 0 Å². The molecule has 1 aliphatic rings. The van der Waals surface area contributed by atoms with Gasteiger partial charge in [-0.15, -0.1) is 0 Å². The zero-order chi connectivity index (χ0) is 13.8. The number of ether oxygens (including phenoxy) is 1. The molecule has 3 N–H and O–H groups in total. The van der Waals surface area contributed by atoms with E-state index in [0.717, 1.165) is 19.3 Å². The average molecular weight is 256 g/mol. The molecule has 1 unspecified atom stereocenters. The second kappa shape index (κ2) is 5.91. The van der Waals surface area contributed by atoms with Crippen LogP contribution < -0.4 is 11.1 Å². The molecule has 4 heteroatoms. The molecule has 1 aliphatic carbocycles. The van der Waals surface area contributed by atoms with Crippen molar-refractivity contribution in [2.24, 2.45) is 5.73 Å². The maximum absolute atomic E-state index is 11.6. The van der Waals surface area contributed by atoms with E-state index in [1.807, 2.05) is 27.7 Å². The Morgan fingerprint density at radius 3 is 2.39 bits per heavy atom. The molecule has 0 radical (unpaired) electrons. The third-order valence-electron chi connectivity index (χ3n) is 3.33. The van der Waals surface area contributed by atoms with E-state index >= 15 is 0 Å². The minimum atomic E-state index is -0.449. The van der Waals surface area contributed by atoms with Gasteiger partial charge in [0.25, 0.3) is 0 Å². The fourth-order valence-electron chi connectivity index (χ4n) is 2.63. The zero-order valence-corrected chi connectivity index (χ0v) is 12.2. The number of nitrogens with two attached hydrogens (primary N) is 1. The molecule has 18 heavy (non-hydrogen) atoms. The van der Waals surface area contributed by atoms with E-state index in [-0.39, 0.29) is 17.7 Å². The molecule has 0 heterocycles. The molecule has 0 aliphatic heterocycles. The maximum Gasteiger partial charge on any atom is 0.407 e. The van der Waals surface area contributed by atoms with Crippen LogP contribution in [-0.4, -0.2) is 23.3 Å². The first-order valence-corrected chi connectivity index (χ1v) is 6.99. The number of hydrogen-bond acceptors (Lipinski definition) is 3. The van der Waals surface area contributed by atoms with Crippen molar-refractivity contribution in [3.63, 3.8) is 0 Å². The molecule has 1 amide bonds. The fourth-order valence-corrected chi connectivity index (χ4v) is 2.63. The van der Waals surface area contributed by atoms with Crippen LogP contribution in [0.15, 0.2) is 0 Å². The monoisotopic (exact) mass is 256 g/mol. The molecule has 106 valence electrons. The summed E-state index contributed by atoms with van der Waals surface area (Å²) in [6.07, 6.45) is 6.29. The van der Waals surface area contributed by atoms with E-state index in [4.69, 9.17) is 10.5 Å². The molecule has 0 saturated heterocycles. The standard InChI is InChI=1S/C14H28N2O2/c1-11(16-12(17)18-13(2,3)4)10-14(15)8-6-5-7-9-14/h11H,5-10,15H2,1-4H3,(H,16,17). The van der Waals surface area contributed by atoms with Crippen molar-refractivity contribution in [3.8, 4) is 0 Å². The van der Waals surface area contributed by atoms with Crippen LogP contribution >= 0.6 is 0 Å². The molecule has 1 rings (SSSR count). The van der Waals surface area contributed by atoms with Crippen LogP contribution in [0.1, 0.15) is 66.2 Å². The highest BCUT2D eigenvalue weighted by Crippen LogP contribution is 2.29. The van der Waals surface area contributed by atoms with Gasteiger partial charge in [0.15, 0.2) is 0 Å². The summed E-state index contributed by atoms with van der Waals surface area (Å²) in [5.74, 6) is 0. The summed E-state index contributed by atoms with van der Waals surface area (Å²) in [6, 6.07) is 0.0583. The lowest BCUT2D eigenvalue weighted by atomic mass is 9.78. The lowest BCUT2D eigenvalue weighted by Gasteiger charge is -2.35. The molecule has 0 aromatic rings. The molecule has 0 spiro atoms. The minimum absolute atomic E-state index is 0.0583. The van der Waals surface area contributed by atoms with Gasteiger partial charge in [0.1, 0.15) is 5.60 Å². The predicted molar refractivity (Wildman–Crippen MR) is 73.5 cm³/mol. The second-order valence-corrected chi connectivity index (χ2v) is 6.67.